The van der Waals surface area contributed by atoms with Gasteiger partial charge in [0.1, 0.15) is 34.8 Å². The van der Waals surface area contributed by atoms with Crippen LogP contribution in [0.25, 0.3) is 87.7 Å². The Balaban J connectivity index is 0.000000162. The molecular formula is C97H66F4IrN8O2+. The largest absolute Gasteiger partial charge is 3.00 e. The first-order valence-corrected chi connectivity index (χ1v) is 36.0. The van der Waals surface area contributed by atoms with Crippen molar-refractivity contribution in [2.75, 3.05) is 19.6 Å². The molecule has 0 radical (unpaired) electrons. The van der Waals surface area contributed by atoms with E-state index < -0.39 is 23.3 Å². The van der Waals surface area contributed by atoms with Crippen LogP contribution >= 0.6 is 0 Å². The van der Waals surface area contributed by atoms with E-state index >= 15 is 0 Å². The molecule has 0 aliphatic heterocycles. The van der Waals surface area contributed by atoms with Gasteiger partial charge in [-0.05, 0) is 192 Å². The molecule has 15 heteroatoms. The molecule has 0 amide bonds. The number of fused-ring (bicyclic) bond motifs is 12. The number of aromatic nitrogens is 4. The summed E-state index contributed by atoms with van der Waals surface area (Å²) in [5.41, 5.74) is 15.8. The van der Waals surface area contributed by atoms with Crippen molar-refractivity contribution in [2.45, 2.75) is 20.3 Å². The zero-order chi connectivity index (χ0) is 75.9. The molecule has 0 aliphatic carbocycles. The summed E-state index contributed by atoms with van der Waals surface area (Å²) in [6, 6.07) is 117. The number of hydrogen-bond acceptors (Lipinski definition) is 10. The number of anilines is 12. The smallest absolute Gasteiger partial charge is 0.352 e. The van der Waals surface area contributed by atoms with Gasteiger partial charge in [-0.1, -0.05) is 168 Å². The Morgan fingerprint density at radius 3 is 0.786 bits per heavy atom. The molecule has 0 fully saturated rings. The van der Waals surface area contributed by atoms with Crippen LogP contribution in [0.2, 0.25) is 0 Å². The van der Waals surface area contributed by atoms with Gasteiger partial charge in [0.05, 0.1) is 28.8 Å². The van der Waals surface area contributed by atoms with Crippen molar-refractivity contribution in [3.05, 3.63) is 388 Å². The van der Waals surface area contributed by atoms with Crippen LogP contribution in [0, 0.1) is 35.4 Å². The molecule has 16 aromatic carbocycles. The van der Waals surface area contributed by atoms with Gasteiger partial charge in [0.2, 0.25) is 0 Å². The summed E-state index contributed by atoms with van der Waals surface area (Å²) in [5, 5.41) is 7.06. The fourth-order valence-corrected chi connectivity index (χ4v) is 14.2. The first-order valence-electron chi connectivity index (χ1n) is 36.0. The quantitative estimate of drug-likeness (QED) is 0.0402. The Bertz CT molecular complexity index is 5860. The normalized spacial score (nSPS) is 11.0. The number of nitrogens with zero attached hydrogens (tertiary/aromatic N) is 8. The maximum atomic E-state index is 14.3. The summed E-state index contributed by atoms with van der Waals surface area (Å²) in [4.78, 5) is 48.7. The fraction of sp³-hybridized carbons (Fsp3) is 0.0309. The summed E-state index contributed by atoms with van der Waals surface area (Å²) in [5.74, 6) is -2.81. The number of para-hydroxylation sites is 8. The van der Waals surface area contributed by atoms with E-state index in [2.05, 4.69) is 177 Å². The first-order chi connectivity index (χ1) is 54.3. The second kappa shape index (κ2) is 32.9. The second-order valence-electron chi connectivity index (χ2n) is 26.6. The van der Waals surface area contributed by atoms with Crippen LogP contribution in [0.3, 0.4) is 0 Å². The van der Waals surface area contributed by atoms with Crippen molar-refractivity contribution in [2.24, 2.45) is 0 Å². The number of halogens is 4. The number of ketones is 2. The predicted molar refractivity (Wildman–Crippen MR) is 442 cm³/mol. The van der Waals surface area contributed by atoms with Gasteiger partial charge in [-0.2, -0.15) is 0 Å². The number of benzene rings is 16. The molecule has 18 rings (SSSR count). The molecule has 0 N–H and O–H groups in total. The average molecular weight is 1640 g/mol. The summed E-state index contributed by atoms with van der Waals surface area (Å²) < 4.78 is 57.3. The van der Waals surface area contributed by atoms with Crippen LogP contribution in [0.5, 0.6) is 0 Å². The van der Waals surface area contributed by atoms with Crippen molar-refractivity contribution in [1.82, 2.24) is 19.9 Å². The molecule has 112 heavy (non-hydrogen) atoms. The Morgan fingerprint density at radius 1 is 0.286 bits per heavy atom. The molecule has 10 nitrogen and oxygen atoms in total. The van der Waals surface area contributed by atoms with Gasteiger partial charge in [0.25, 0.3) is 0 Å². The van der Waals surface area contributed by atoms with Crippen LogP contribution < -0.4 is 19.6 Å². The topological polar surface area (TPSA) is 98.7 Å². The minimum Gasteiger partial charge on any atom is -0.352 e. The molecule has 0 saturated carbocycles. The van der Waals surface area contributed by atoms with Crippen molar-refractivity contribution in [1.29, 1.82) is 0 Å². The number of rotatable bonds is 16. The van der Waals surface area contributed by atoms with E-state index in [1.165, 1.54) is 38.1 Å². The van der Waals surface area contributed by atoms with Crippen molar-refractivity contribution < 1.29 is 47.3 Å². The molecule has 2 heterocycles. The van der Waals surface area contributed by atoms with E-state index in [1.807, 2.05) is 158 Å². The van der Waals surface area contributed by atoms with Crippen molar-refractivity contribution >= 4 is 145 Å². The van der Waals surface area contributed by atoms with Gasteiger partial charge in [0.15, 0.2) is 0 Å². The van der Waals surface area contributed by atoms with Crippen molar-refractivity contribution in [3.8, 4) is 22.5 Å². The third-order valence-electron chi connectivity index (χ3n) is 18.9. The molecule has 542 valence electrons. The molecule has 18 aromatic rings. The van der Waals surface area contributed by atoms with E-state index in [4.69, 9.17) is 19.9 Å². The monoisotopic (exact) mass is 1640 g/mol. The molecule has 0 aliphatic rings. The fourth-order valence-electron chi connectivity index (χ4n) is 14.2. The third kappa shape index (κ3) is 15.6. The summed E-state index contributed by atoms with van der Waals surface area (Å²) in [6.45, 7) is 2.81. The van der Waals surface area contributed by atoms with Crippen LogP contribution in [0.4, 0.5) is 85.8 Å². The number of carbonyl (C=O) groups is 2. The van der Waals surface area contributed by atoms with E-state index in [9.17, 15) is 27.2 Å². The average Bonchev–Trinajstić information content (AvgIpc) is 0.734. The molecule has 0 saturated heterocycles. The molecule has 0 spiro atoms. The molecule has 2 aromatic heterocycles. The van der Waals surface area contributed by atoms with Crippen LogP contribution in [0.1, 0.15) is 20.3 Å². The summed E-state index contributed by atoms with van der Waals surface area (Å²) in [6.07, 6.45) is 3.23. The number of carbonyl (C=O) groups excluding carboxylic acids is 2. The van der Waals surface area contributed by atoms with Gasteiger partial charge in [-0.25, -0.2) is 17.6 Å². The Hall–Kier alpha value is -13.9. The minimum atomic E-state index is -0.672. The van der Waals surface area contributed by atoms with Crippen molar-refractivity contribution in [3.63, 3.8) is 0 Å². The Kier molecular flexibility index (Phi) is 21.7. The van der Waals surface area contributed by atoms with Crippen LogP contribution in [-0.2, 0) is 29.7 Å². The zero-order valence-corrected chi connectivity index (χ0v) is 62.8. The molecule has 0 atom stereocenters. The standard InChI is InChI=1S/2C46H29F2N4.C5H8O2.Ir/c2*47-32-25-31(26-33(48)27-32)44-30-49-45-40-23-21-38(51(34-13-5-1-6-14-34)35-15-7-2-8-16-35)28-42(40)43-29-39(22-24-41(43)46(45)50-44)52(36-17-9-3-10-18-36)37-19-11-4-12-20-37;1-4(6)3-5(2)7;/h2*1-22,24-30H;3H2,1-2H3;/q2*-1;;+3. The van der Waals surface area contributed by atoms with E-state index in [0.717, 1.165) is 123 Å². The van der Waals surface area contributed by atoms with E-state index in [0.29, 0.717) is 44.6 Å². The van der Waals surface area contributed by atoms with Gasteiger partial charge >= 0.3 is 20.1 Å². The first kappa shape index (κ1) is 73.7. The van der Waals surface area contributed by atoms with E-state index in [-0.39, 0.29) is 38.1 Å². The van der Waals surface area contributed by atoms with Gasteiger partial charge in [-0.3, -0.25) is 19.6 Å². The van der Waals surface area contributed by atoms with E-state index in [1.54, 1.807) is 12.4 Å². The maximum Gasteiger partial charge on any atom is 3.00 e. The Labute approximate surface area is 657 Å². The Morgan fingerprint density at radius 2 is 0.536 bits per heavy atom. The second-order valence-corrected chi connectivity index (χ2v) is 26.6. The maximum absolute atomic E-state index is 14.3. The zero-order valence-electron chi connectivity index (χ0n) is 60.4. The predicted octanol–water partition coefficient (Wildman–Crippen LogP) is 25.8. The molecule has 0 unspecified atom stereocenters. The van der Waals surface area contributed by atoms with Crippen LogP contribution in [-0.4, -0.2) is 31.5 Å². The van der Waals surface area contributed by atoms with Gasteiger partial charge in [0, 0.05) is 104 Å². The SMILES string of the molecule is CC(=O)CC(C)=O.Fc1cc(F)cc(-c2cnc3c4[c-]cc(N(c5ccccc5)c5ccccc5)cc4c4cc(N(c5ccccc5)c5ccccc5)ccc4c3n2)c1.Fc1cc(F)cc(-c2cnc3c4[c-]cc(N(c5ccccc5)c5ccccc5)cc4c4cc(N(c5ccccc5)c5ccccc5)ccc4c3n2)c1.[Ir+3]. The number of Topliss-reactive ketones (excluding diaryl/α,β-unsaturated/α-hetero) is 2. The summed E-state index contributed by atoms with van der Waals surface area (Å²) in [7, 11) is 0. The molecule has 0 bridgehead atoms. The van der Waals surface area contributed by atoms with Gasteiger partial charge in [-0.15, -0.1) is 47.2 Å². The van der Waals surface area contributed by atoms with Crippen LogP contribution in [0.15, 0.2) is 352 Å². The number of hydrogen-bond donors (Lipinski definition) is 0. The van der Waals surface area contributed by atoms with Gasteiger partial charge < -0.3 is 29.6 Å². The minimum absolute atomic E-state index is 0. The third-order valence-corrected chi connectivity index (χ3v) is 18.9. The molecular weight excluding hydrogens is 1580 g/mol. The summed E-state index contributed by atoms with van der Waals surface area (Å²) >= 11 is 0.